The van der Waals surface area contributed by atoms with Gasteiger partial charge in [-0.3, -0.25) is 0 Å². The third kappa shape index (κ3) is 4.51. The van der Waals surface area contributed by atoms with Crippen molar-refractivity contribution in [3.05, 3.63) is 0 Å². The van der Waals surface area contributed by atoms with E-state index in [-0.39, 0.29) is 0 Å². The zero-order valence-corrected chi connectivity index (χ0v) is 9.91. The molecule has 4 heteroatoms. The van der Waals surface area contributed by atoms with Crippen molar-refractivity contribution in [1.82, 2.24) is 4.90 Å². The molecular weight excluding hydrogens is 190 g/mol. The molecule has 0 aliphatic heterocycles. The maximum atomic E-state index is 5.90. The van der Waals surface area contributed by atoms with Crippen LogP contribution in [-0.2, 0) is 4.74 Å². The molecule has 0 saturated heterocycles. The molecule has 2 N–H and O–H groups in total. The molecule has 0 atom stereocenters. The normalized spacial score (nSPS) is 18.4. The highest BCUT2D eigenvalue weighted by Crippen LogP contribution is 2.20. The summed E-state index contributed by atoms with van der Waals surface area (Å²) in [5.41, 5.74) is 5.90. The Labute approximate surface area is 92.5 Å². The van der Waals surface area contributed by atoms with Gasteiger partial charge in [-0.25, -0.2) is 4.99 Å². The molecule has 0 radical (unpaired) electrons. The van der Waals surface area contributed by atoms with Crippen LogP contribution in [0.5, 0.6) is 0 Å². The second kappa shape index (κ2) is 6.67. The minimum absolute atomic E-state index is 0.458. The van der Waals surface area contributed by atoms with Gasteiger partial charge in [-0.05, 0) is 19.8 Å². The average Bonchev–Trinajstić information content (AvgIpc) is 2.70. The Bertz CT molecular complexity index is 200. The molecule has 0 amide bonds. The Morgan fingerprint density at radius 3 is 2.73 bits per heavy atom. The van der Waals surface area contributed by atoms with Crippen LogP contribution in [0.4, 0.5) is 0 Å². The molecule has 15 heavy (non-hydrogen) atoms. The number of hydrogen-bond acceptors (Lipinski definition) is 2. The van der Waals surface area contributed by atoms with E-state index in [0.29, 0.717) is 18.6 Å². The lowest BCUT2D eigenvalue weighted by molar-refractivity contribution is 0.136. The summed E-state index contributed by atoms with van der Waals surface area (Å²) in [6.07, 6.45) is 4.98. The van der Waals surface area contributed by atoms with E-state index in [2.05, 4.69) is 4.99 Å². The molecule has 4 nitrogen and oxygen atoms in total. The lowest BCUT2D eigenvalue weighted by Gasteiger charge is -2.19. The van der Waals surface area contributed by atoms with Crippen molar-refractivity contribution in [3.8, 4) is 0 Å². The summed E-state index contributed by atoms with van der Waals surface area (Å²) in [4.78, 5) is 6.49. The molecule has 88 valence electrons. The highest BCUT2D eigenvalue weighted by molar-refractivity contribution is 5.77. The van der Waals surface area contributed by atoms with Gasteiger partial charge in [0, 0.05) is 20.2 Å². The SMILES string of the molecule is CCOCCN(C)C(N)=NC1CCCC1. The number of rotatable bonds is 5. The van der Waals surface area contributed by atoms with Crippen molar-refractivity contribution < 1.29 is 4.74 Å². The average molecular weight is 213 g/mol. The number of guanidine groups is 1. The Morgan fingerprint density at radius 1 is 1.47 bits per heavy atom. The fourth-order valence-corrected chi connectivity index (χ4v) is 1.78. The van der Waals surface area contributed by atoms with E-state index < -0.39 is 0 Å². The van der Waals surface area contributed by atoms with Crippen LogP contribution in [-0.4, -0.2) is 43.7 Å². The second-order valence-corrected chi connectivity index (χ2v) is 4.04. The monoisotopic (exact) mass is 213 g/mol. The quantitative estimate of drug-likeness (QED) is 0.424. The van der Waals surface area contributed by atoms with Gasteiger partial charge in [0.2, 0.25) is 0 Å². The molecule has 0 aromatic carbocycles. The number of nitrogens with two attached hydrogens (primary N) is 1. The van der Waals surface area contributed by atoms with Crippen LogP contribution in [0.1, 0.15) is 32.6 Å². The van der Waals surface area contributed by atoms with Crippen LogP contribution in [0, 0.1) is 0 Å². The van der Waals surface area contributed by atoms with Gasteiger partial charge in [0.1, 0.15) is 0 Å². The zero-order valence-electron chi connectivity index (χ0n) is 9.91. The summed E-state index contributed by atoms with van der Waals surface area (Å²) >= 11 is 0. The third-order valence-electron chi connectivity index (χ3n) is 2.81. The predicted molar refractivity (Wildman–Crippen MR) is 63.0 cm³/mol. The largest absolute Gasteiger partial charge is 0.380 e. The topological polar surface area (TPSA) is 50.9 Å². The van der Waals surface area contributed by atoms with Crippen molar-refractivity contribution in [2.75, 3.05) is 26.8 Å². The second-order valence-electron chi connectivity index (χ2n) is 4.04. The molecule has 0 aromatic heterocycles. The third-order valence-corrected chi connectivity index (χ3v) is 2.81. The van der Waals surface area contributed by atoms with E-state index in [1.165, 1.54) is 25.7 Å². The highest BCUT2D eigenvalue weighted by atomic mass is 16.5. The van der Waals surface area contributed by atoms with Crippen molar-refractivity contribution in [2.45, 2.75) is 38.6 Å². The van der Waals surface area contributed by atoms with Gasteiger partial charge in [0.25, 0.3) is 0 Å². The molecule has 1 aliphatic carbocycles. The van der Waals surface area contributed by atoms with Gasteiger partial charge in [0.15, 0.2) is 5.96 Å². The van der Waals surface area contributed by atoms with Crippen LogP contribution in [0.25, 0.3) is 0 Å². The molecule has 0 spiro atoms. The summed E-state index contributed by atoms with van der Waals surface area (Å²) < 4.78 is 5.27. The van der Waals surface area contributed by atoms with Crippen LogP contribution in [0.15, 0.2) is 4.99 Å². The maximum absolute atomic E-state index is 5.90. The lowest BCUT2D eigenvalue weighted by Crippen LogP contribution is -2.37. The standard InChI is InChI=1S/C11H23N3O/c1-3-15-9-8-14(2)11(12)13-10-6-4-5-7-10/h10H,3-9H2,1-2H3,(H2,12,13). The number of nitrogens with zero attached hydrogens (tertiary/aromatic N) is 2. The molecule has 1 fully saturated rings. The van der Waals surface area contributed by atoms with Crippen molar-refractivity contribution >= 4 is 5.96 Å². The van der Waals surface area contributed by atoms with Gasteiger partial charge < -0.3 is 15.4 Å². The highest BCUT2D eigenvalue weighted by Gasteiger charge is 2.14. The fourth-order valence-electron chi connectivity index (χ4n) is 1.78. The number of likely N-dealkylation sites (N-methyl/N-ethyl adjacent to an activating group) is 1. The first kappa shape index (κ1) is 12.3. The molecule has 0 aromatic rings. The van der Waals surface area contributed by atoms with Gasteiger partial charge in [-0.1, -0.05) is 12.8 Å². The summed E-state index contributed by atoms with van der Waals surface area (Å²) in [7, 11) is 1.97. The lowest BCUT2D eigenvalue weighted by atomic mass is 10.3. The Balaban J connectivity index is 2.27. The molecule has 1 rings (SSSR count). The van der Waals surface area contributed by atoms with Crippen LogP contribution < -0.4 is 5.73 Å². The van der Waals surface area contributed by atoms with Crippen LogP contribution >= 0.6 is 0 Å². The smallest absolute Gasteiger partial charge is 0.191 e. The minimum Gasteiger partial charge on any atom is -0.380 e. The Hall–Kier alpha value is -0.770. The molecular formula is C11H23N3O. The van der Waals surface area contributed by atoms with Gasteiger partial charge in [0.05, 0.1) is 12.6 Å². The predicted octanol–water partition coefficient (Wildman–Crippen LogP) is 1.21. The van der Waals surface area contributed by atoms with E-state index in [0.717, 1.165) is 13.2 Å². The Kier molecular flexibility index (Phi) is 5.47. The van der Waals surface area contributed by atoms with Crippen molar-refractivity contribution in [2.24, 2.45) is 10.7 Å². The van der Waals surface area contributed by atoms with E-state index >= 15 is 0 Å². The number of ether oxygens (including phenoxy) is 1. The summed E-state index contributed by atoms with van der Waals surface area (Å²) in [6.45, 7) is 4.28. The van der Waals surface area contributed by atoms with E-state index in [4.69, 9.17) is 10.5 Å². The van der Waals surface area contributed by atoms with Crippen molar-refractivity contribution in [3.63, 3.8) is 0 Å². The number of hydrogen-bond donors (Lipinski definition) is 1. The minimum atomic E-state index is 0.458. The van der Waals surface area contributed by atoms with Crippen molar-refractivity contribution in [1.29, 1.82) is 0 Å². The molecule has 0 unspecified atom stereocenters. The molecule has 0 heterocycles. The Morgan fingerprint density at radius 2 is 2.13 bits per heavy atom. The summed E-state index contributed by atoms with van der Waals surface area (Å²) in [6, 6.07) is 0.458. The van der Waals surface area contributed by atoms with E-state index in [9.17, 15) is 0 Å². The van der Waals surface area contributed by atoms with Gasteiger partial charge in [-0.15, -0.1) is 0 Å². The van der Waals surface area contributed by atoms with E-state index in [1.807, 2.05) is 18.9 Å². The first-order valence-electron chi connectivity index (χ1n) is 5.86. The van der Waals surface area contributed by atoms with Crippen LogP contribution in [0.2, 0.25) is 0 Å². The molecule has 1 aliphatic rings. The molecule has 1 saturated carbocycles. The first-order chi connectivity index (χ1) is 7.24. The summed E-state index contributed by atoms with van der Waals surface area (Å²) in [5, 5.41) is 0. The first-order valence-corrected chi connectivity index (χ1v) is 5.86. The van der Waals surface area contributed by atoms with Gasteiger partial charge in [-0.2, -0.15) is 0 Å². The summed E-state index contributed by atoms with van der Waals surface area (Å²) in [5.74, 6) is 0.654. The maximum Gasteiger partial charge on any atom is 0.191 e. The fraction of sp³-hybridized carbons (Fsp3) is 0.909. The molecule has 0 bridgehead atoms. The van der Waals surface area contributed by atoms with E-state index in [1.54, 1.807) is 0 Å². The van der Waals surface area contributed by atoms with Gasteiger partial charge >= 0.3 is 0 Å². The zero-order chi connectivity index (χ0) is 11.1. The number of aliphatic imine (C=N–C) groups is 1. The van der Waals surface area contributed by atoms with Crippen LogP contribution in [0.3, 0.4) is 0 Å².